The summed E-state index contributed by atoms with van der Waals surface area (Å²) in [5, 5.41) is 12.4. The Hall–Kier alpha value is -1.82. The number of nitrogens with one attached hydrogen (secondary N) is 1. The Morgan fingerprint density at radius 3 is 2.62 bits per heavy atom. The van der Waals surface area contributed by atoms with Gasteiger partial charge in [0, 0.05) is 31.7 Å². The SMILES string of the molecule is CCO[C@@H]1C[C@@](NC(=O)c2cccn2C)(C(=O)O)C1(C)C. The number of aryl methyl sites for hydroxylation is 1. The average molecular weight is 294 g/mol. The second kappa shape index (κ2) is 5.18. The van der Waals surface area contributed by atoms with Crippen LogP contribution in [-0.4, -0.2) is 39.8 Å². The van der Waals surface area contributed by atoms with Crippen LogP contribution < -0.4 is 5.32 Å². The molecule has 1 fully saturated rings. The van der Waals surface area contributed by atoms with E-state index in [-0.39, 0.29) is 18.4 Å². The van der Waals surface area contributed by atoms with Crippen molar-refractivity contribution in [2.75, 3.05) is 6.61 Å². The molecule has 1 amide bonds. The number of carboxylic acid groups (broad SMARTS) is 1. The van der Waals surface area contributed by atoms with E-state index < -0.39 is 16.9 Å². The van der Waals surface area contributed by atoms with Gasteiger partial charge in [-0.1, -0.05) is 13.8 Å². The van der Waals surface area contributed by atoms with Gasteiger partial charge < -0.3 is 19.7 Å². The first-order valence-electron chi connectivity index (χ1n) is 7.05. The molecule has 2 rings (SSSR count). The molecule has 2 atom stereocenters. The van der Waals surface area contributed by atoms with Crippen LogP contribution in [0, 0.1) is 5.41 Å². The van der Waals surface area contributed by atoms with Crippen LogP contribution in [-0.2, 0) is 16.6 Å². The van der Waals surface area contributed by atoms with Crippen molar-refractivity contribution >= 4 is 11.9 Å². The lowest BCUT2D eigenvalue weighted by molar-refractivity contribution is -0.190. The Morgan fingerprint density at radius 1 is 1.52 bits per heavy atom. The molecule has 0 aliphatic heterocycles. The van der Waals surface area contributed by atoms with Gasteiger partial charge >= 0.3 is 5.97 Å². The summed E-state index contributed by atoms with van der Waals surface area (Å²) in [6, 6.07) is 3.41. The summed E-state index contributed by atoms with van der Waals surface area (Å²) in [7, 11) is 1.75. The number of carbonyl (C=O) groups is 2. The molecule has 1 saturated carbocycles. The molecule has 0 unspecified atom stereocenters. The zero-order chi connectivity index (χ0) is 15.8. The van der Waals surface area contributed by atoms with E-state index in [1.807, 2.05) is 20.8 Å². The molecule has 6 nitrogen and oxygen atoms in total. The normalized spacial score (nSPS) is 27.0. The van der Waals surface area contributed by atoms with E-state index in [4.69, 9.17) is 4.74 Å². The fourth-order valence-electron chi connectivity index (χ4n) is 2.99. The molecule has 116 valence electrons. The minimum Gasteiger partial charge on any atom is -0.479 e. The maximum Gasteiger partial charge on any atom is 0.330 e. The minimum absolute atomic E-state index is 0.174. The number of ether oxygens (including phenoxy) is 1. The molecule has 0 saturated heterocycles. The van der Waals surface area contributed by atoms with E-state index >= 15 is 0 Å². The fraction of sp³-hybridized carbons (Fsp3) is 0.600. The summed E-state index contributed by atoms with van der Waals surface area (Å²) in [6.45, 7) is 6.03. The fourth-order valence-corrected chi connectivity index (χ4v) is 2.99. The molecule has 1 aromatic rings. The smallest absolute Gasteiger partial charge is 0.330 e. The molecule has 1 aliphatic carbocycles. The number of amides is 1. The van der Waals surface area contributed by atoms with Gasteiger partial charge in [-0.25, -0.2) is 4.79 Å². The van der Waals surface area contributed by atoms with Crippen molar-refractivity contribution in [2.24, 2.45) is 12.5 Å². The van der Waals surface area contributed by atoms with Gasteiger partial charge in [0.1, 0.15) is 11.2 Å². The highest BCUT2D eigenvalue weighted by molar-refractivity contribution is 5.97. The first-order valence-corrected chi connectivity index (χ1v) is 7.05. The summed E-state index contributed by atoms with van der Waals surface area (Å²) in [6.07, 6.45) is 1.85. The lowest BCUT2D eigenvalue weighted by Gasteiger charge is -2.58. The third kappa shape index (κ3) is 2.23. The maximum absolute atomic E-state index is 12.4. The average Bonchev–Trinajstić information content (AvgIpc) is 2.83. The highest BCUT2D eigenvalue weighted by Crippen LogP contribution is 2.51. The summed E-state index contributed by atoms with van der Waals surface area (Å²) < 4.78 is 7.24. The van der Waals surface area contributed by atoms with Crippen molar-refractivity contribution in [3.05, 3.63) is 24.0 Å². The number of aliphatic carboxylic acids is 1. The number of nitrogens with zero attached hydrogens (tertiary/aromatic N) is 1. The van der Waals surface area contributed by atoms with Crippen molar-refractivity contribution in [1.29, 1.82) is 0 Å². The van der Waals surface area contributed by atoms with Crippen molar-refractivity contribution < 1.29 is 19.4 Å². The van der Waals surface area contributed by atoms with Gasteiger partial charge in [-0.15, -0.1) is 0 Å². The lowest BCUT2D eigenvalue weighted by atomic mass is 9.54. The number of hydrogen-bond donors (Lipinski definition) is 2. The Kier molecular flexibility index (Phi) is 3.84. The Bertz CT molecular complexity index is 564. The standard InChI is InChI=1S/C15H22N2O4/c1-5-21-11-9-15(13(19)20,14(11,2)3)16-12(18)10-7-6-8-17(10)4/h6-8,11H,5,9H2,1-4H3,(H,16,18)(H,19,20)/t11-,15-/m1/s1. The lowest BCUT2D eigenvalue weighted by Crippen LogP contribution is -2.76. The van der Waals surface area contributed by atoms with Crippen LogP contribution >= 0.6 is 0 Å². The molecular formula is C15H22N2O4. The second-order valence-corrected chi connectivity index (χ2v) is 6.04. The molecule has 1 aromatic heterocycles. The zero-order valence-electron chi connectivity index (χ0n) is 12.8. The van der Waals surface area contributed by atoms with E-state index in [9.17, 15) is 14.7 Å². The highest BCUT2D eigenvalue weighted by Gasteiger charge is 2.66. The third-order valence-electron chi connectivity index (χ3n) is 4.63. The van der Waals surface area contributed by atoms with Gasteiger partial charge in [-0.2, -0.15) is 0 Å². The Morgan fingerprint density at radius 2 is 2.19 bits per heavy atom. The van der Waals surface area contributed by atoms with E-state index in [2.05, 4.69) is 5.32 Å². The first kappa shape index (κ1) is 15.6. The van der Waals surface area contributed by atoms with E-state index in [0.717, 1.165) is 0 Å². The molecule has 0 aromatic carbocycles. The Balaban J connectivity index is 2.24. The molecule has 0 bridgehead atoms. The van der Waals surface area contributed by atoms with Gasteiger partial charge in [-0.3, -0.25) is 4.79 Å². The summed E-state index contributed by atoms with van der Waals surface area (Å²) in [5.41, 5.74) is -1.53. The first-order chi connectivity index (χ1) is 9.76. The monoisotopic (exact) mass is 294 g/mol. The largest absolute Gasteiger partial charge is 0.479 e. The topological polar surface area (TPSA) is 80.6 Å². The molecule has 0 radical (unpaired) electrons. The minimum atomic E-state index is -1.30. The highest BCUT2D eigenvalue weighted by atomic mass is 16.5. The molecule has 6 heteroatoms. The third-order valence-corrected chi connectivity index (χ3v) is 4.63. The Labute approximate surface area is 124 Å². The number of aromatic nitrogens is 1. The molecule has 2 N–H and O–H groups in total. The van der Waals surface area contributed by atoms with Crippen LogP contribution in [0.4, 0.5) is 0 Å². The van der Waals surface area contributed by atoms with Gasteiger partial charge in [0.25, 0.3) is 5.91 Å². The molecule has 0 spiro atoms. The van der Waals surface area contributed by atoms with Gasteiger partial charge in [0.2, 0.25) is 0 Å². The summed E-state index contributed by atoms with van der Waals surface area (Å²) in [4.78, 5) is 24.1. The predicted octanol–water partition coefficient (Wildman–Crippen LogP) is 1.41. The quantitative estimate of drug-likeness (QED) is 0.860. The van der Waals surface area contributed by atoms with E-state index in [1.165, 1.54) is 0 Å². The van der Waals surface area contributed by atoms with Gasteiger partial charge in [0.15, 0.2) is 0 Å². The molecule has 21 heavy (non-hydrogen) atoms. The van der Waals surface area contributed by atoms with Crippen LogP contribution in [0.25, 0.3) is 0 Å². The predicted molar refractivity (Wildman–Crippen MR) is 77.1 cm³/mol. The molecular weight excluding hydrogens is 272 g/mol. The maximum atomic E-state index is 12.4. The van der Waals surface area contributed by atoms with E-state index in [0.29, 0.717) is 12.3 Å². The molecule has 1 aliphatic rings. The number of hydrogen-bond acceptors (Lipinski definition) is 3. The van der Waals surface area contributed by atoms with Crippen molar-refractivity contribution in [3.63, 3.8) is 0 Å². The second-order valence-electron chi connectivity index (χ2n) is 6.04. The van der Waals surface area contributed by atoms with Crippen LogP contribution in [0.15, 0.2) is 18.3 Å². The zero-order valence-corrected chi connectivity index (χ0v) is 12.8. The van der Waals surface area contributed by atoms with Gasteiger partial charge in [0.05, 0.1) is 6.10 Å². The summed E-state index contributed by atoms with van der Waals surface area (Å²) in [5.74, 6) is -1.40. The number of carbonyl (C=O) groups excluding carboxylic acids is 1. The van der Waals surface area contributed by atoms with Crippen LogP contribution in [0.2, 0.25) is 0 Å². The van der Waals surface area contributed by atoms with Crippen LogP contribution in [0.3, 0.4) is 0 Å². The molecule has 1 heterocycles. The summed E-state index contributed by atoms with van der Waals surface area (Å²) >= 11 is 0. The number of carboxylic acids is 1. The van der Waals surface area contributed by atoms with Crippen LogP contribution in [0.5, 0.6) is 0 Å². The number of rotatable bonds is 5. The van der Waals surface area contributed by atoms with Crippen molar-refractivity contribution in [1.82, 2.24) is 9.88 Å². The van der Waals surface area contributed by atoms with Crippen LogP contribution in [0.1, 0.15) is 37.7 Å². The van der Waals surface area contributed by atoms with Crippen molar-refractivity contribution in [2.45, 2.75) is 38.8 Å². The van der Waals surface area contributed by atoms with E-state index in [1.54, 1.807) is 29.9 Å². The van der Waals surface area contributed by atoms with Gasteiger partial charge in [-0.05, 0) is 19.1 Å². The van der Waals surface area contributed by atoms with Crippen molar-refractivity contribution in [3.8, 4) is 0 Å².